The van der Waals surface area contributed by atoms with Gasteiger partial charge in [-0.15, -0.1) is 0 Å². The Morgan fingerprint density at radius 1 is 0.950 bits per heavy atom. The normalized spacial score (nSPS) is 10.4. The molecule has 0 amide bonds. The molecule has 2 N–H and O–H groups in total. The van der Waals surface area contributed by atoms with Crippen molar-refractivity contribution < 1.29 is 0 Å². The van der Waals surface area contributed by atoms with Crippen LogP contribution in [-0.2, 0) is 0 Å². The highest BCUT2D eigenvalue weighted by atomic mass is 15.1. The van der Waals surface area contributed by atoms with Gasteiger partial charge in [0, 0.05) is 18.1 Å². The number of anilines is 3. The number of fused-ring (bicyclic) bond motifs is 1. The molecule has 0 radical (unpaired) electrons. The van der Waals surface area contributed by atoms with Crippen LogP contribution in [0.25, 0.3) is 10.9 Å². The standard InChI is InChI=1S/C16H16N4/c1-2-17-14-9-4-10-15(20-14)19-13-8-3-6-12-7-5-11-18-16(12)13/h3-11H,2H2,1H3,(H2,17,19,20). The molecule has 0 spiro atoms. The zero-order valence-corrected chi connectivity index (χ0v) is 11.3. The van der Waals surface area contributed by atoms with E-state index in [-0.39, 0.29) is 0 Å². The van der Waals surface area contributed by atoms with Crippen molar-refractivity contribution in [3.63, 3.8) is 0 Å². The quantitative estimate of drug-likeness (QED) is 0.752. The molecule has 0 aliphatic carbocycles. The third-order valence-corrected chi connectivity index (χ3v) is 3.00. The molecular weight excluding hydrogens is 248 g/mol. The number of aromatic nitrogens is 2. The average molecular weight is 264 g/mol. The smallest absolute Gasteiger partial charge is 0.132 e. The zero-order chi connectivity index (χ0) is 13.8. The minimum Gasteiger partial charge on any atom is -0.370 e. The summed E-state index contributed by atoms with van der Waals surface area (Å²) in [7, 11) is 0. The van der Waals surface area contributed by atoms with Gasteiger partial charge in [-0.05, 0) is 31.2 Å². The zero-order valence-electron chi connectivity index (χ0n) is 11.3. The van der Waals surface area contributed by atoms with Crippen LogP contribution in [0.5, 0.6) is 0 Å². The van der Waals surface area contributed by atoms with Crippen LogP contribution in [0.3, 0.4) is 0 Å². The van der Waals surface area contributed by atoms with E-state index in [1.54, 1.807) is 6.20 Å². The van der Waals surface area contributed by atoms with Gasteiger partial charge in [-0.3, -0.25) is 4.98 Å². The number of hydrogen-bond donors (Lipinski definition) is 2. The average Bonchev–Trinajstić information content (AvgIpc) is 2.48. The van der Waals surface area contributed by atoms with E-state index in [0.29, 0.717) is 0 Å². The van der Waals surface area contributed by atoms with E-state index in [4.69, 9.17) is 0 Å². The summed E-state index contributed by atoms with van der Waals surface area (Å²) in [4.78, 5) is 8.94. The summed E-state index contributed by atoms with van der Waals surface area (Å²) >= 11 is 0. The first-order valence-corrected chi connectivity index (χ1v) is 6.68. The molecule has 100 valence electrons. The Bertz CT molecular complexity index is 719. The topological polar surface area (TPSA) is 49.8 Å². The van der Waals surface area contributed by atoms with Crippen LogP contribution < -0.4 is 10.6 Å². The Kier molecular flexibility index (Phi) is 3.46. The van der Waals surface area contributed by atoms with E-state index in [2.05, 4.69) is 39.7 Å². The second kappa shape index (κ2) is 5.57. The summed E-state index contributed by atoms with van der Waals surface area (Å²) in [6.07, 6.45) is 1.80. The van der Waals surface area contributed by atoms with Gasteiger partial charge in [0.25, 0.3) is 0 Å². The number of nitrogens with one attached hydrogen (secondary N) is 2. The number of nitrogens with zero attached hydrogens (tertiary/aromatic N) is 2. The van der Waals surface area contributed by atoms with E-state index in [0.717, 1.165) is 34.8 Å². The number of benzene rings is 1. The lowest BCUT2D eigenvalue weighted by Gasteiger charge is -2.10. The molecule has 0 saturated heterocycles. The Morgan fingerprint density at radius 3 is 2.65 bits per heavy atom. The number of para-hydroxylation sites is 1. The molecule has 3 rings (SSSR count). The Hall–Kier alpha value is -2.62. The predicted octanol–water partition coefficient (Wildman–Crippen LogP) is 3.81. The lowest BCUT2D eigenvalue weighted by atomic mass is 10.2. The molecule has 0 bridgehead atoms. The first-order valence-electron chi connectivity index (χ1n) is 6.68. The van der Waals surface area contributed by atoms with E-state index in [1.807, 2.05) is 36.4 Å². The molecule has 4 heteroatoms. The molecule has 4 nitrogen and oxygen atoms in total. The lowest BCUT2D eigenvalue weighted by molar-refractivity contribution is 1.16. The van der Waals surface area contributed by atoms with Crippen LogP contribution in [0.2, 0.25) is 0 Å². The van der Waals surface area contributed by atoms with Crippen LogP contribution >= 0.6 is 0 Å². The van der Waals surface area contributed by atoms with Crippen molar-refractivity contribution in [2.45, 2.75) is 6.92 Å². The van der Waals surface area contributed by atoms with Crippen LogP contribution in [0.1, 0.15) is 6.92 Å². The first kappa shape index (κ1) is 12.4. The molecule has 2 aromatic heterocycles. The molecule has 20 heavy (non-hydrogen) atoms. The van der Waals surface area contributed by atoms with E-state index < -0.39 is 0 Å². The summed E-state index contributed by atoms with van der Waals surface area (Å²) < 4.78 is 0. The summed E-state index contributed by atoms with van der Waals surface area (Å²) in [5, 5.41) is 7.65. The molecule has 0 aliphatic heterocycles. The molecule has 3 aromatic rings. The minimum absolute atomic E-state index is 0.807. The van der Waals surface area contributed by atoms with Crippen molar-refractivity contribution in [3.05, 3.63) is 54.7 Å². The van der Waals surface area contributed by atoms with Gasteiger partial charge in [0.2, 0.25) is 0 Å². The van der Waals surface area contributed by atoms with E-state index in [1.165, 1.54) is 0 Å². The van der Waals surface area contributed by atoms with Crippen LogP contribution in [0, 0.1) is 0 Å². The molecule has 0 atom stereocenters. The fourth-order valence-corrected chi connectivity index (χ4v) is 2.13. The summed E-state index contributed by atoms with van der Waals surface area (Å²) in [6.45, 7) is 2.91. The third kappa shape index (κ3) is 2.54. The van der Waals surface area contributed by atoms with Gasteiger partial charge in [-0.25, -0.2) is 4.98 Å². The Balaban J connectivity index is 1.95. The SMILES string of the molecule is CCNc1cccc(Nc2cccc3cccnc23)n1. The maximum atomic E-state index is 4.51. The van der Waals surface area contributed by atoms with Gasteiger partial charge in [0.15, 0.2) is 0 Å². The molecule has 2 heterocycles. The fraction of sp³-hybridized carbons (Fsp3) is 0.125. The van der Waals surface area contributed by atoms with Crippen LogP contribution in [0.4, 0.5) is 17.3 Å². The van der Waals surface area contributed by atoms with Crippen molar-refractivity contribution in [1.29, 1.82) is 0 Å². The minimum atomic E-state index is 0.807. The van der Waals surface area contributed by atoms with Gasteiger partial charge in [-0.2, -0.15) is 0 Å². The molecule has 0 aliphatic rings. The van der Waals surface area contributed by atoms with E-state index in [9.17, 15) is 0 Å². The highest BCUT2D eigenvalue weighted by Crippen LogP contribution is 2.24. The third-order valence-electron chi connectivity index (χ3n) is 3.00. The molecule has 0 fully saturated rings. The summed E-state index contributed by atoms with van der Waals surface area (Å²) in [6, 6.07) is 15.9. The number of rotatable bonds is 4. The number of hydrogen-bond acceptors (Lipinski definition) is 4. The highest BCUT2D eigenvalue weighted by molar-refractivity contribution is 5.91. The first-order chi connectivity index (χ1) is 9.86. The molecule has 1 aromatic carbocycles. The van der Waals surface area contributed by atoms with Gasteiger partial charge in [0.1, 0.15) is 11.6 Å². The Labute approximate surface area is 117 Å². The monoisotopic (exact) mass is 264 g/mol. The van der Waals surface area contributed by atoms with Crippen molar-refractivity contribution in [2.75, 3.05) is 17.2 Å². The maximum absolute atomic E-state index is 4.51. The number of pyridine rings is 2. The van der Waals surface area contributed by atoms with Gasteiger partial charge in [-0.1, -0.05) is 24.3 Å². The second-order valence-corrected chi connectivity index (χ2v) is 4.44. The van der Waals surface area contributed by atoms with E-state index >= 15 is 0 Å². The largest absolute Gasteiger partial charge is 0.370 e. The summed E-state index contributed by atoms with van der Waals surface area (Å²) in [5.41, 5.74) is 1.91. The van der Waals surface area contributed by atoms with Crippen molar-refractivity contribution in [1.82, 2.24) is 9.97 Å². The fourth-order valence-electron chi connectivity index (χ4n) is 2.13. The Morgan fingerprint density at radius 2 is 1.75 bits per heavy atom. The van der Waals surface area contributed by atoms with Crippen molar-refractivity contribution in [3.8, 4) is 0 Å². The van der Waals surface area contributed by atoms with Gasteiger partial charge < -0.3 is 10.6 Å². The summed E-state index contributed by atoms with van der Waals surface area (Å²) in [5.74, 6) is 1.67. The molecule has 0 unspecified atom stereocenters. The van der Waals surface area contributed by atoms with Crippen molar-refractivity contribution in [2.24, 2.45) is 0 Å². The second-order valence-electron chi connectivity index (χ2n) is 4.44. The van der Waals surface area contributed by atoms with Gasteiger partial charge in [0.05, 0.1) is 11.2 Å². The van der Waals surface area contributed by atoms with Crippen LogP contribution in [-0.4, -0.2) is 16.5 Å². The van der Waals surface area contributed by atoms with Gasteiger partial charge >= 0.3 is 0 Å². The van der Waals surface area contributed by atoms with Crippen molar-refractivity contribution >= 4 is 28.2 Å². The predicted molar refractivity (Wildman–Crippen MR) is 83.4 cm³/mol. The van der Waals surface area contributed by atoms with Crippen LogP contribution in [0.15, 0.2) is 54.7 Å². The lowest BCUT2D eigenvalue weighted by Crippen LogP contribution is -2.01. The maximum Gasteiger partial charge on any atom is 0.132 e. The molecule has 0 saturated carbocycles. The molecular formula is C16H16N4. The highest BCUT2D eigenvalue weighted by Gasteiger charge is 2.03.